The number of thiazole rings is 1. The van der Waals surface area contributed by atoms with Gasteiger partial charge in [0.25, 0.3) is 5.91 Å². The molecular formula is C38H58ClN9O13S. The fraction of sp³-hybridized carbons (Fsp3) is 0.579. The van der Waals surface area contributed by atoms with Crippen molar-refractivity contribution in [1.82, 2.24) is 25.2 Å². The molecule has 0 saturated heterocycles. The molecule has 346 valence electrons. The zero-order valence-corrected chi connectivity index (χ0v) is 35.4. The molecule has 22 nitrogen and oxygen atoms in total. The Kier molecular flexibility index (Phi) is 22.2. The number of hydrogen-bond acceptors (Lipinski definition) is 21. The number of guanidine groups is 1. The van der Waals surface area contributed by atoms with Crippen molar-refractivity contribution in [2.24, 2.45) is 10.7 Å². The summed E-state index contributed by atoms with van der Waals surface area (Å²) in [4.78, 5) is 43.4. The zero-order chi connectivity index (χ0) is 45.9. The highest BCUT2D eigenvalue weighted by Crippen LogP contribution is 2.27. The van der Waals surface area contributed by atoms with Gasteiger partial charge in [-0.3, -0.25) is 24.8 Å². The van der Waals surface area contributed by atoms with Crippen LogP contribution >= 0.6 is 22.9 Å². The fourth-order valence-electron chi connectivity index (χ4n) is 5.88. The summed E-state index contributed by atoms with van der Waals surface area (Å²) in [5.74, 6) is -1.54. The van der Waals surface area contributed by atoms with Gasteiger partial charge in [0.05, 0.1) is 38.4 Å². The van der Waals surface area contributed by atoms with E-state index in [0.29, 0.717) is 32.2 Å². The third kappa shape index (κ3) is 16.8. The van der Waals surface area contributed by atoms with Crippen molar-refractivity contribution < 1.29 is 65.4 Å². The minimum absolute atomic E-state index is 0.0406. The first-order chi connectivity index (χ1) is 29.4. The maximum Gasteiger partial charge on any atom is 0.306 e. The number of nitrogens with zero attached hydrogens (tertiary/aromatic N) is 5. The van der Waals surface area contributed by atoms with Crippen molar-refractivity contribution in [3.05, 3.63) is 51.7 Å². The van der Waals surface area contributed by atoms with Crippen LogP contribution in [0.5, 0.6) is 0 Å². The van der Waals surface area contributed by atoms with E-state index in [-0.39, 0.29) is 48.0 Å². The Morgan fingerprint density at radius 1 is 0.806 bits per heavy atom. The third-order valence-electron chi connectivity index (χ3n) is 9.52. The molecule has 62 heavy (non-hydrogen) atoms. The van der Waals surface area contributed by atoms with Crippen molar-refractivity contribution in [3.63, 3.8) is 0 Å². The van der Waals surface area contributed by atoms with Crippen molar-refractivity contribution in [1.29, 1.82) is 0 Å². The number of unbranched alkanes of at least 4 members (excludes halogenated alkanes) is 2. The average molecular weight is 916 g/mol. The topological polar surface area (TPSA) is 390 Å². The highest BCUT2D eigenvalue weighted by atomic mass is 35.5. The summed E-state index contributed by atoms with van der Waals surface area (Å²) in [6.45, 7) is -2.02. The molecule has 24 heteroatoms. The molecule has 0 aliphatic carbocycles. The van der Waals surface area contributed by atoms with Gasteiger partial charge in [-0.05, 0) is 50.6 Å². The molecule has 0 aliphatic rings. The largest absolute Gasteiger partial charge is 0.466 e. The summed E-state index contributed by atoms with van der Waals surface area (Å²) in [5.41, 5.74) is 18.9. The molecule has 3 aromatic rings. The van der Waals surface area contributed by atoms with Gasteiger partial charge in [-0.1, -0.05) is 35.9 Å². The fourth-order valence-corrected chi connectivity index (χ4v) is 6.93. The number of ether oxygens (including phenoxy) is 1. The van der Waals surface area contributed by atoms with Crippen LogP contribution in [0.1, 0.15) is 53.0 Å². The maximum absolute atomic E-state index is 12.5. The lowest BCUT2D eigenvalue weighted by atomic mass is 10.0. The Morgan fingerprint density at radius 2 is 1.40 bits per heavy atom. The van der Waals surface area contributed by atoms with Crippen LogP contribution < -0.4 is 22.5 Å². The highest BCUT2D eigenvalue weighted by molar-refractivity contribution is 7.15. The summed E-state index contributed by atoms with van der Waals surface area (Å²) in [6.07, 6.45) is -9.23. The number of benzene rings is 1. The number of esters is 1. The molecule has 17 N–H and O–H groups in total. The minimum Gasteiger partial charge on any atom is -0.466 e. The lowest BCUT2D eigenvalue weighted by Gasteiger charge is -2.33. The number of nitrogens with two attached hydrogens (primary N) is 3. The van der Waals surface area contributed by atoms with Gasteiger partial charge >= 0.3 is 5.97 Å². The molecule has 2 heterocycles. The number of hydrogen-bond donors (Lipinski definition) is 14. The number of anilines is 2. The third-order valence-corrected chi connectivity index (χ3v) is 10.9. The number of aliphatic hydroxyl groups is 10. The molecule has 0 radical (unpaired) electrons. The second kappa shape index (κ2) is 26.4. The molecule has 0 saturated carbocycles. The molecule has 8 atom stereocenters. The smallest absolute Gasteiger partial charge is 0.306 e. The first-order valence-electron chi connectivity index (χ1n) is 19.7. The SMILES string of the molecule is NC(=NCCCCc1ccc(-c2ncc(CCC(=O)OCCCCN(C[C@H](O)[C@@H](O)[C@H](O)[C@H](O)CO)C[C@H](O)[C@@H](O)[C@H](O)[C@H](O)CO)s2)cc1)NC(=O)c1nc(Cl)c(N)nc1N. The summed E-state index contributed by atoms with van der Waals surface area (Å²) < 4.78 is 5.36. The molecule has 0 bridgehead atoms. The Hall–Kier alpha value is -4.21. The zero-order valence-electron chi connectivity index (χ0n) is 33.9. The number of halogens is 1. The van der Waals surface area contributed by atoms with E-state index in [4.69, 9.17) is 43.8 Å². The number of aromatic nitrogens is 3. The van der Waals surface area contributed by atoms with E-state index >= 15 is 0 Å². The van der Waals surface area contributed by atoms with E-state index in [1.807, 2.05) is 24.3 Å². The quantitative estimate of drug-likeness (QED) is 0.0156. The van der Waals surface area contributed by atoms with Crippen LogP contribution in [-0.2, 0) is 22.4 Å². The summed E-state index contributed by atoms with van der Waals surface area (Å²) in [6, 6.07) is 7.96. The summed E-state index contributed by atoms with van der Waals surface area (Å²) >= 11 is 7.28. The van der Waals surface area contributed by atoms with Crippen LogP contribution in [0.2, 0.25) is 5.15 Å². The van der Waals surface area contributed by atoms with Crippen LogP contribution in [0, 0.1) is 0 Å². The van der Waals surface area contributed by atoms with Gasteiger partial charge in [0.2, 0.25) is 0 Å². The molecule has 0 spiro atoms. The second-order valence-electron chi connectivity index (χ2n) is 14.4. The van der Waals surface area contributed by atoms with Gasteiger partial charge < -0.3 is 73.0 Å². The number of carbonyl (C=O) groups excluding carboxylic acids is 2. The second-order valence-corrected chi connectivity index (χ2v) is 15.9. The Labute approximate surface area is 366 Å². The molecule has 1 amide bonds. The van der Waals surface area contributed by atoms with Crippen LogP contribution in [0.4, 0.5) is 11.6 Å². The van der Waals surface area contributed by atoms with Crippen LogP contribution in [-0.4, -0.2) is 184 Å². The Balaban J connectivity index is 1.39. The first-order valence-corrected chi connectivity index (χ1v) is 20.9. The summed E-state index contributed by atoms with van der Waals surface area (Å²) in [5, 5.41) is 102. The van der Waals surface area contributed by atoms with Crippen molar-refractivity contribution >= 4 is 52.4 Å². The minimum atomic E-state index is -1.90. The normalized spacial score (nSPS) is 16.0. The number of aliphatic hydroxyl groups excluding tert-OH is 10. The number of aliphatic imine (C=N–C) groups is 1. The van der Waals surface area contributed by atoms with E-state index in [1.54, 1.807) is 6.20 Å². The number of rotatable bonds is 27. The molecule has 2 aromatic heterocycles. The van der Waals surface area contributed by atoms with Crippen LogP contribution in [0.3, 0.4) is 0 Å². The van der Waals surface area contributed by atoms with Crippen molar-refractivity contribution in [3.8, 4) is 10.6 Å². The van der Waals surface area contributed by atoms with Gasteiger partial charge in [0.1, 0.15) is 41.6 Å². The molecule has 3 rings (SSSR count). The van der Waals surface area contributed by atoms with Gasteiger partial charge in [-0.2, -0.15) is 0 Å². The van der Waals surface area contributed by atoms with E-state index in [9.17, 15) is 50.4 Å². The van der Waals surface area contributed by atoms with E-state index in [0.717, 1.165) is 33.9 Å². The Bertz CT molecular complexity index is 1840. The number of nitrogens with one attached hydrogen (secondary N) is 1. The molecule has 1 aromatic carbocycles. The predicted molar refractivity (Wildman–Crippen MR) is 227 cm³/mol. The number of aryl methyl sites for hydroxylation is 2. The van der Waals surface area contributed by atoms with E-state index < -0.39 is 87.0 Å². The Morgan fingerprint density at radius 3 is 2.00 bits per heavy atom. The number of carbonyl (C=O) groups is 2. The lowest BCUT2D eigenvalue weighted by Crippen LogP contribution is -2.53. The first kappa shape index (κ1) is 52.1. The number of nitrogen functional groups attached to an aromatic ring is 2. The lowest BCUT2D eigenvalue weighted by molar-refractivity contribution is -0.143. The van der Waals surface area contributed by atoms with E-state index in [2.05, 4.69) is 25.3 Å². The predicted octanol–water partition coefficient (Wildman–Crippen LogP) is -3.08. The average Bonchev–Trinajstić information content (AvgIpc) is 3.74. The van der Waals surface area contributed by atoms with Gasteiger partial charge in [0.15, 0.2) is 28.4 Å². The summed E-state index contributed by atoms with van der Waals surface area (Å²) in [7, 11) is 0. The standard InChI is InChI=1S/C38H58ClN9O13S/c39-33-35(41)46-34(40)28(45-33)36(60)47-38(42)43-12-2-1-5-20-6-8-21(9-7-20)37-44-15-22(62-37)10-11-27(55)61-14-4-3-13-48(16-23(51)29(56)31(58)25(53)18-49)17-24(52)30(57)32(59)26(54)19-50/h6-9,15,23-26,29-32,49-54,56-59H,1-5,10-14,16-19H2,(H4,40,41,46)(H3,42,43,47,60)/t23-,24-,25+,26+,29+,30+,31+,32+/m0/s1. The highest BCUT2D eigenvalue weighted by Gasteiger charge is 2.34. The van der Waals surface area contributed by atoms with Crippen molar-refractivity contribution in [2.75, 3.05) is 57.5 Å². The van der Waals surface area contributed by atoms with Gasteiger partial charge in [-0.15, -0.1) is 11.3 Å². The van der Waals surface area contributed by atoms with Crippen molar-refractivity contribution in [2.45, 2.75) is 93.8 Å². The monoisotopic (exact) mass is 915 g/mol. The van der Waals surface area contributed by atoms with Gasteiger partial charge in [0, 0.05) is 36.3 Å². The maximum atomic E-state index is 12.5. The van der Waals surface area contributed by atoms with E-state index in [1.165, 1.54) is 16.2 Å². The van der Waals surface area contributed by atoms with Gasteiger partial charge in [-0.25, -0.2) is 15.0 Å². The molecule has 0 fully saturated rings. The van der Waals surface area contributed by atoms with Crippen LogP contribution in [0.15, 0.2) is 35.5 Å². The molecule has 0 unspecified atom stereocenters. The molecular weight excluding hydrogens is 858 g/mol. The molecule has 0 aliphatic heterocycles. The number of amides is 1. The van der Waals surface area contributed by atoms with Crippen LogP contribution in [0.25, 0.3) is 10.6 Å².